The van der Waals surface area contributed by atoms with Crippen LogP contribution in [-0.2, 0) is 6.61 Å². The molecule has 3 N–H and O–H groups in total. The third-order valence-corrected chi connectivity index (χ3v) is 3.48. The lowest BCUT2D eigenvalue weighted by atomic mass is 10.3. The van der Waals surface area contributed by atoms with Crippen molar-refractivity contribution in [3.63, 3.8) is 0 Å². The number of amides is 1. The molecule has 112 valence electrons. The van der Waals surface area contributed by atoms with Crippen molar-refractivity contribution in [2.45, 2.75) is 6.61 Å². The predicted molar refractivity (Wildman–Crippen MR) is 77.6 cm³/mol. The van der Waals surface area contributed by atoms with Crippen LogP contribution in [0.25, 0.3) is 0 Å². The zero-order chi connectivity index (χ0) is 15.2. The van der Waals surface area contributed by atoms with Gasteiger partial charge < -0.3 is 14.2 Å². The summed E-state index contributed by atoms with van der Waals surface area (Å²) in [7, 11) is 3.13. The van der Waals surface area contributed by atoms with Crippen molar-refractivity contribution < 1.29 is 19.0 Å². The molecule has 0 radical (unpaired) electrons. The van der Waals surface area contributed by atoms with Crippen LogP contribution in [0.3, 0.4) is 0 Å². The summed E-state index contributed by atoms with van der Waals surface area (Å²) < 4.78 is 15.9. The molecule has 0 aliphatic heterocycles. The molecule has 0 aliphatic carbocycles. The van der Waals surface area contributed by atoms with E-state index in [1.165, 1.54) is 11.3 Å². The predicted octanol–water partition coefficient (Wildman–Crippen LogP) is 1.34. The van der Waals surface area contributed by atoms with E-state index in [-0.39, 0.29) is 6.61 Å². The van der Waals surface area contributed by atoms with Crippen LogP contribution in [0.5, 0.6) is 17.2 Å². The fraction of sp³-hybridized carbons (Fsp3) is 0.231. The van der Waals surface area contributed by atoms with Gasteiger partial charge in [-0.2, -0.15) is 0 Å². The summed E-state index contributed by atoms with van der Waals surface area (Å²) in [6, 6.07) is 5.23. The van der Waals surface area contributed by atoms with E-state index in [1.807, 2.05) is 5.43 Å². The number of benzene rings is 1. The number of carbonyl (C=O) groups excluding carboxylic acids is 1. The number of aromatic nitrogens is 1. The number of ether oxygens (including phenoxy) is 3. The molecule has 2 aromatic rings. The fourth-order valence-electron chi connectivity index (χ4n) is 1.56. The molecule has 0 saturated carbocycles. The molecule has 1 heterocycles. The lowest BCUT2D eigenvalue weighted by molar-refractivity contribution is 0.0953. The van der Waals surface area contributed by atoms with Crippen molar-refractivity contribution in [1.82, 2.24) is 10.4 Å². The first kappa shape index (κ1) is 15.1. The summed E-state index contributed by atoms with van der Waals surface area (Å²) in [5.41, 5.74) is 2.67. The number of nitrogens with zero attached hydrogens (tertiary/aromatic N) is 1. The van der Waals surface area contributed by atoms with Crippen LogP contribution in [0.2, 0.25) is 0 Å². The molecule has 1 aromatic carbocycles. The van der Waals surface area contributed by atoms with Crippen LogP contribution < -0.4 is 25.5 Å². The second-order valence-corrected chi connectivity index (χ2v) is 4.81. The number of hydrazine groups is 1. The number of methoxy groups -OCH3 is 2. The van der Waals surface area contributed by atoms with Crippen molar-refractivity contribution in [3.8, 4) is 17.2 Å². The highest BCUT2D eigenvalue weighted by Gasteiger charge is 2.10. The summed E-state index contributed by atoms with van der Waals surface area (Å²) in [6.45, 7) is 0.227. The molecule has 0 unspecified atom stereocenters. The summed E-state index contributed by atoms with van der Waals surface area (Å²) >= 11 is 1.20. The molecular weight excluding hydrogens is 294 g/mol. The molecule has 0 fully saturated rings. The zero-order valence-corrected chi connectivity index (χ0v) is 12.4. The van der Waals surface area contributed by atoms with Gasteiger partial charge in [0.05, 0.1) is 19.9 Å². The molecular formula is C13H15N3O4S. The second-order valence-electron chi connectivity index (χ2n) is 3.95. The number of nitrogen functional groups attached to an aromatic ring is 1. The highest BCUT2D eigenvalue weighted by atomic mass is 32.1. The normalized spacial score (nSPS) is 10.0. The van der Waals surface area contributed by atoms with Gasteiger partial charge in [-0.15, -0.1) is 11.3 Å². The van der Waals surface area contributed by atoms with Gasteiger partial charge in [0.25, 0.3) is 5.91 Å². The smallest absolute Gasteiger partial charge is 0.294 e. The van der Waals surface area contributed by atoms with E-state index in [0.717, 1.165) is 0 Å². The Morgan fingerprint density at radius 3 is 2.43 bits per heavy atom. The first-order chi connectivity index (χ1) is 10.2. The Morgan fingerprint density at radius 2 is 1.86 bits per heavy atom. The van der Waals surface area contributed by atoms with Crippen LogP contribution in [-0.4, -0.2) is 25.1 Å². The topological polar surface area (TPSA) is 95.7 Å². The second kappa shape index (κ2) is 6.91. The molecule has 0 bridgehead atoms. The van der Waals surface area contributed by atoms with E-state index >= 15 is 0 Å². The Hall–Kier alpha value is -2.32. The molecule has 0 saturated heterocycles. The van der Waals surface area contributed by atoms with Crippen LogP contribution in [0, 0.1) is 0 Å². The van der Waals surface area contributed by atoms with Crippen molar-refractivity contribution in [1.29, 1.82) is 0 Å². The van der Waals surface area contributed by atoms with Gasteiger partial charge in [-0.05, 0) is 0 Å². The number of carbonyl (C=O) groups is 1. The third-order valence-electron chi connectivity index (χ3n) is 2.59. The van der Waals surface area contributed by atoms with Gasteiger partial charge in [-0.3, -0.25) is 10.2 Å². The number of hydrogen-bond donors (Lipinski definition) is 2. The average molecular weight is 309 g/mol. The van der Waals surface area contributed by atoms with Crippen LogP contribution in [0.1, 0.15) is 15.5 Å². The Kier molecular flexibility index (Phi) is 4.96. The first-order valence-electron chi connectivity index (χ1n) is 5.97. The Morgan fingerprint density at radius 1 is 1.24 bits per heavy atom. The van der Waals surface area contributed by atoms with Gasteiger partial charge in [0.15, 0.2) is 5.01 Å². The molecule has 1 aromatic heterocycles. The minimum Gasteiger partial charge on any atom is -0.496 e. The number of hydrogen-bond acceptors (Lipinski definition) is 7. The van der Waals surface area contributed by atoms with E-state index in [2.05, 4.69) is 4.98 Å². The minimum atomic E-state index is -0.422. The van der Waals surface area contributed by atoms with E-state index in [9.17, 15) is 4.79 Å². The van der Waals surface area contributed by atoms with Crippen LogP contribution in [0.4, 0.5) is 0 Å². The number of rotatable bonds is 6. The van der Waals surface area contributed by atoms with Gasteiger partial charge >= 0.3 is 0 Å². The van der Waals surface area contributed by atoms with Gasteiger partial charge in [0, 0.05) is 23.6 Å². The Balaban J connectivity index is 2.05. The van der Waals surface area contributed by atoms with Gasteiger partial charge in [-0.25, -0.2) is 10.8 Å². The SMILES string of the molecule is COc1cc(OC)cc(OCc2csc(C(=O)NN)n2)c1. The van der Waals surface area contributed by atoms with Crippen molar-refractivity contribution in [2.24, 2.45) is 5.84 Å². The van der Waals surface area contributed by atoms with Crippen molar-refractivity contribution >= 4 is 17.2 Å². The highest BCUT2D eigenvalue weighted by Crippen LogP contribution is 2.28. The quantitative estimate of drug-likeness (QED) is 0.475. The number of nitrogens with two attached hydrogens (primary N) is 1. The third kappa shape index (κ3) is 3.83. The zero-order valence-electron chi connectivity index (χ0n) is 11.6. The lowest BCUT2D eigenvalue weighted by Gasteiger charge is -2.09. The molecule has 7 nitrogen and oxygen atoms in total. The van der Waals surface area contributed by atoms with Gasteiger partial charge in [0.2, 0.25) is 0 Å². The number of thiazole rings is 1. The van der Waals surface area contributed by atoms with Gasteiger partial charge in [0.1, 0.15) is 23.9 Å². The van der Waals surface area contributed by atoms with E-state index in [0.29, 0.717) is 28.0 Å². The minimum absolute atomic E-state index is 0.227. The summed E-state index contributed by atoms with van der Waals surface area (Å²) in [4.78, 5) is 15.4. The standard InChI is InChI=1S/C13H15N3O4S/c1-18-9-3-10(19-2)5-11(4-9)20-6-8-7-21-13(15-8)12(17)16-14/h3-5,7H,6,14H2,1-2H3,(H,16,17). The molecule has 0 spiro atoms. The maximum atomic E-state index is 11.3. The largest absolute Gasteiger partial charge is 0.496 e. The molecule has 1 amide bonds. The van der Waals surface area contributed by atoms with Crippen LogP contribution in [0.15, 0.2) is 23.6 Å². The summed E-state index contributed by atoms with van der Waals surface area (Å²) in [5.74, 6) is 6.48. The maximum absolute atomic E-state index is 11.3. The monoisotopic (exact) mass is 309 g/mol. The van der Waals surface area contributed by atoms with Crippen molar-refractivity contribution in [3.05, 3.63) is 34.3 Å². The fourth-order valence-corrected chi connectivity index (χ4v) is 2.27. The lowest BCUT2D eigenvalue weighted by Crippen LogP contribution is -2.29. The molecule has 8 heteroatoms. The van der Waals surface area contributed by atoms with E-state index < -0.39 is 5.91 Å². The molecule has 2 rings (SSSR count). The molecule has 21 heavy (non-hydrogen) atoms. The van der Waals surface area contributed by atoms with Crippen molar-refractivity contribution in [2.75, 3.05) is 14.2 Å². The molecule has 0 atom stereocenters. The van der Waals surface area contributed by atoms with E-state index in [4.69, 9.17) is 20.1 Å². The van der Waals surface area contributed by atoms with Gasteiger partial charge in [-0.1, -0.05) is 0 Å². The first-order valence-corrected chi connectivity index (χ1v) is 6.85. The Bertz CT molecular complexity index is 607. The van der Waals surface area contributed by atoms with Crippen LogP contribution >= 0.6 is 11.3 Å². The average Bonchev–Trinajstić information content (AvgIpc) is 3.00. The maximum Gasteiger partial charge on any atom is 0.294 e. The Labute approximate surface area is 125 Å². The highest BCUT2D eigenvalue weighted by molar-refractivity contribution is 7.11. The summed E-state index contributed by atoms with van der Waals surface area (Å²) in [6.07, 6.45) is 0. The number of nitrogens with one attached hydrogen (secondary N) is 1. The summed E-state index contributed by atoms with van der Waals surface area (Å²) in [5, 5.41) is 2.03. The molecule has 0 aliphatic rings. The van der Waals surface area contributed by atoms with E-state index in [1.54, 1.807) is 37.8 Å².